The number of benzene rings is 2. The van der Waals surface area contributed by atoms with Gasteiger partial charge in [0.15, 0.2) is 5.75 Å². The van der Waals surface area contributed by atoms with E-state index in [1.807, 2.05) is 0 Å². The summed E-state index contributed by atoms with van der Waals surface area (Å²) in [6.45, 7) is 4.85. The average Bonchev–Trinajstić information content (AvgIpc) is 3.17. The average molecular weight is 354 g/mol. The van der Waals surface area contributed by atoms with E-state index in [2.05, 4.69) is 56.3 Å². The third kappa shape index (κ3) is 2.56. The number of aryl methyl sites for hydroxylation is 2. The summed E-state index contributed by atoms with van der Waals surface area (Å²) in [7, 11) is 1.71. The number of thiophene rings is 2. The Morgan fingerprint density at radius 3 is 2.58 bits per heavy atom. The molecule has 0 spiro atoms. The van der Waals surface area contributed by atoms with Gasteiger partial charge in [-0.15, -0.1) is 11.3 Å². The van der Waals surface area contributed by atoms with E-state index in [0.29, 0.717) is 6.61 Å². The Morgan fingerprint density at radius 2 is 1.79 bits per heavy atom. The van der Waals surface area contributed by atoms with E-state index in [9.17, 15) is 0 Å². The van der Waals surface area contributed by atoms with Gasteiger partial charge >= 0.3 is 0 Å². The molecule has 2 nitrogen and oxygen atoms in total. The van der Waals surface area contributed by atoms with E-state index in [1.54, 1.807) is 29.8 Å². The molecule has 24 heavy (non-hydrogen) atoms. The number of ether oxygens (including phenoxy) is 2. The Hall–Kier alpha value is -2.04. The molecule has 2 heterocycles. The van der Waals surface area contributed by atoms with Crippen molar-refractivity contribution in [2.24, 2.45) is 0 Å². The van der Waals surface area contributed by atoms with Gasteiger partial charge in [0.1, 0.15) is 6.61 Å². The van der Waals surface area contributed by atoms with Gasteiger partial charge in [0, 0.05) is 19.7 Å². The minimum absolute atomic E-state index is 0.564. The third-order valence-corrected chi connectivity index (χ3v) is 6.52. The van der Waals surface area contributed by atoms with Crippen molar-refractivity contribution < 1.29 is 9.47 Å². The smallest absolute Gasteiger partial charge is 0.217 e. The van der Waals surface area contributed by atoms with Crippen molar-refractivity contribution in [2.75, 3.05) is 7.11 Å². The molecule has 0 unspecified atom stereocenters. The minimum atomic E-state index is 0.564. The van der Waals surface area contributed by atoms with E-state index in [0.717, 1.165) is 10.8 Å². The van der Waals surface area contributed by atoms with Crippen molar-refractivity contribution in [3.8, 4) is 10.8 Å². The zero-order valence-corrected chi connectivity index (χ0v) is 15.5. The summed E-state index contributed by atoms with van der Waals surface area (Å²) >= 11 is 3.43. The monoisotopic (exact) mass is 354 g/mol. The predicted molar refractivity (Wildman–Crippen MR) is 104 cm³/mol. The van der Waals surface area contributed by atoms with Crippen LogP contribution in [0.1, 0.15) is 16.0 Å². The maximum absolute atomic E-state index is 6.23. The number of hydrogen-bond acceptors (Lipinski definition) is 4. The molecule has 0 aliphatic rings. The third-order valence-electron chi connectivity index (χ3n) is 4.33. The van der Waals surface area contributed by atoms with Crippen LogP contribution in [0.15, 0.2) is 42.5 Å². The van der Waals surface area contributed by atoms with E-state index < -0.39 is 0 Å². The van der Waals surface area contributed by atoms with Gasteiger partial charge in [-0.25, -0.2) is 0 Å². The molecule has 0 radical (unpaired) electrons. The van der Waals surface area contributed by atoms with Crippen LogP contribution >= 0.6 is 22.7 Å². The van der Waals surface area contributed by atoms with Crippen molar-refractivity contribution >= 4 is 42.8 Å². The van der Waals surface area contributed by atoms with Crippen molar-refractivity contribution in [1.82, 2.24) is 0 Å². The van der Waals surface area contributed by atoms with Crippen LogP contribution in [0.25, 0.3) is 20.2 Å². The number of fused-ring (bicyclic) bond motifs is 2. The summed E-state index contributed by atoms with van der Waals surface area (Å²) in [5, 5.41) is 3.30. The van der Waals surface area contributed by atoms with E-state index >= 15 is 0 Å². The first-order valence-corrected chi connectivity index (χ1v) is 9.47. The highest BCUT2D eigenvalue weighted by Crippen LogP contribution is 2.46. The van der Waals surface area contributed by atoms with Crippen molar-refractivity contribution in [3.63, 3.8) is 0 Å². The van der Waals surface area contributed by atoms with Gasteiger partial charge in [0.25, 0.3) is 0 Å². The molecule has 0 atom stereocenters. The largest absolute Gasteiger partial charge is 0.485 e. The first-order valence-electron chi connectivity index (χ1n) is 7.84. The summed E-state index contributed by atoms with van der Waals surface area (Å²) in [4.78, 5) is 1.22. The van der Waals surface area contributed by atoms with Gasteiger partial charge in [-0.05, 0) is 48.6 Å². The second-order valence-electron chi connectivity index (χ2n) is 5.84. The maximum atomic E-state index is 6.23. The van der Waals surface area contributed by atoms with Gasteiger partial charge in [-0.3, -0.25) is 0 Å². The first kappa shape index (κ1) is 15.5. The molecular formula is C20H18O2S2. The molecule has 4 rings (SSSR count). The van der Waals surface area contributed by atoms with Crippen LogP contribution in [0, 0.1) is 13.8 Å². The molecular weight excluding hydrogens is 336 g/mol. The normalized spacial score (nSPS) is 11.3. The van der Waals surface area contributed by atoms with Crippen LogP contribution in [-0.2, 0) is 6.61 Å². The Morgan fingerprint density at radius 1 is 0.958 bits per heavy atom. The van der Waals surface area contributed by atoms with Gasteiger partial charge < -0.3 is 9.47 Å². The number of hydrogen-bond donors (Lipinski definition) is 0. The summed E-state index contributed by atoms with van der Waals surface area (Å²) in [5.41, 5.74) is 2.54. The van der Waals surface area contributed by atoms with E-state index in [1.165, 1.54) is 36.2 Å². The lowest BCUT2D eigenvalue weighted by molar-refractivity contribution is 0.295. The predicted octanol–water partition coefficient (Wildman–Crippen LogP) is 6.32. The molecule has 0 amide bonds. The quantitative estimate of drug-likeness (QED) is 0.427. The second-order valence-corrected chi connectivity index (χ2v) is 8.03. The molecule has 0 aliphatic carbocycles. The van der Waals surface area contributed by atoms with Crippen molar-refractivity contribution in [1.29, 1.82) is 0 Å². The highest BCUT2D eigenvalue weighted by molar-refractivity contribution is 7.21. The fourth-order valence-corrected chi connectivity index (χ4v) is 4.92. The highest BCUT2D eigenvalue weighted by Gasteiger charge is 2.17. The molecule has 0 saturated carbocycles. The molecule has 0 aliphatic heterocycles. The topological polar surface area (TPSA) is 18.5 Å². The SMILES string of the molecule is COc1sc2ccc(C)c(C)c2c1OCc1cc2ccccc2s1. The van der Waals surface area contributed by atoms with Crippen LogP contribution in [0.3, 0.4) is 0 Å². The summed E-state index contributed by atoms with van der Waals surface area (Å²) in [6.07, 6.45) is 0. The van der Waals surface area contributed by atoms with Gasteiger partial charge in [-0.1, -0.05) is 35.6 Å². The van der Waals surface area contributed by atoms with Crippen LogP contribution in [-0.4, -0.2) is 7.11 Å². The second kappa shape index (κ2) is 6.11. The molecule has 0 fully saturated rings. The van der Waals surface area contributed by atoms with E-state index in [4.69, 9.17) is 9.47 Å². The van der Waals surface area contributed by atoms with E-state index in [-0.39, 0.29) is 0 Å². The Kier molecular flexibility index (Phi) is 3.94. The molecule has 2 aromatic heterocycles. The molecule has 2 aromatic carbocycles. The molecule has 122 valence electrons. The lowest BCUT2D eigenvalue weighted by Gasteiger charge is -2.08. The standard InChI is InChI=1S/C20H18O2S2/c1-12-8-9-17-18(13(12)2)19(20(21-3)24-17)22-11-15-10-14-6-4-5-7-16(14)23-15/h4-10H,11H2,1-3H3. The number of methoxy groups -OCH3 is 1. The van der Waals surface area contributed by atoms with Gasteiger partial charge in [-0.2, -0.15) is 0 Å². The lowest BCUT2D eigenvalue weighted by Crippen LogP contribution is -1.95. The molecule has 4 aromatic rings. The molecule has 0 saturated heterocycles. The van der Waals surface area contributed by atoms with Crippen molar-refractivity contribution in [2.45, 2.75) is 20.5 Å². The van der Waals surface area contributed by atoms with Crippen LogP contribution in [0.4, 0.5) is 0 Å². The number of rotatable bonds is 4. The zero-order chi connectivity index (χ0) is 16.7. The summed E-state index contributed by atoms with van der Waals surface area (Å²) in [5.74, 6) is 0.871. The summed E-state index contributed by atoms with van der Waals surface area (Å²) in [6, 6.07) is 15.0. The zero-order valence-electron chi connectivity index (χ0n) is 13.9. The highest BCUT2D eigenvalue weighted by atomic mass is 32.1. The first-order chi connectivity index (χ1) is 11.7. The maximum Gasteiger partial charge on any atom is 0.217 e. The van der Waals surface area contributed by atoms with Crippen LogP contribution < -0.4 is 9.47 Å². The lowest BCUT2D eigenvalue weighted by atomic mass is 10.1. The molecule has 0 bridgehead atoms. The minimum Gasteiger partial charge on any atom is -0.485 e. The molecule has 0 N–H and O–H groups in total. The van der Waals surface area contributed by atoms with Crippen LogP contribution in [0.5, 0.6) is 10.8 Å². The van der Waals surface area contributed by atoms with Crippen LogP contribution in [0.2, 0.25) is 0 Å². The Bertz CT molecular complexity index is 994. The Labute approximate surface area is 149 Å². The van der Waals surface area contributed by atoms with Gasteiger partial charge in [0.2, 0.25) is 5.06 Å². The fourth-order valence-electron chi connectivity index (χ4n) is 2.92. The molecule has 4 heteroatoms. The Balaban J connectivity index is 1.72. The van der Waals surface area contributed by atoms with Gasteiger partial charge in [0.05, 0.1) is 7.11 Å². The summed E-state index contributed by atoms with van der Waals surface area (Å²) < 4.78 is 14.3. The van der Waals surface area contributed by atoms with Crippen molar-refractivity contribution in [3.05, 3.63) is 58.5 Å². The fraction of sp³-hybridized carbons (Fsp3) is 0.200.